The molecule has 0 spiro atoms. The lowest BCUT2D eigenvalue weighted by Crippen LogP contribution is -2.28. The van der Waals surface area contributed by atoms with Crippen molar-refractivity contribution in [3.63, 3.8) is 0 Å². The highest BCUT2D eigenvalue weighted by Gasteiger charge is 2.17. The molecule has 0 unspecified atom stereocenters. The molecule has 0 heterocycles. The fourth-order valence-electron chi connectivity index (χ4n) is 2.55. The Balaban J connectivity index is 2.06. The molecule has 0 aliphatic heterocycles. The topological polar surface area (TPSA) is 63.7 Å². The molecule has 0 aliphatic carbocycles. The summed E-state index contributed by atoms with van der Waals surface area (Å²) >= 11 is 12.1. The molecule has 0 saturated carbocycles. The molecule has 2 rings (SSSR count). The number of rotatable bonds is 8. The summed E-state index contributed by atoms with van der Waals surface area (Å²) < 4.78 is 26.6. The van der Waals surface area contributed by atoms with Gasteiger partial charge in [0.15, 0.2) is 0 Å². The van der Waals surface area contributed by atoms with Gasteiger partial charge in [0.1, 0.15) is 0 Å². The van der Waals surface area contributed by atoms with Gasteiger partial charge < -0.3 is 4.90 Å². The molecule has 0 atom stereocenters. The van der Waals surface area contributed by atoms with Crippen molar-refractivity contribution < 1.29 is 17.4 Å². The number of hydrogen-bond acceptors (Lipinski definition) is 4. The monoisotopic (exact) mass is 429 g/mol. The van der Waals surface area contributed by atoms with E-state index in [2.05, 4.69) is 0 Å². The van der Waals surface area contributed by atoms with Crippen LogP contribution in [0.2, 0.25) is 10.0 Å². The smallest absolute Gasteiger partial charge is 0.264 e. The molecule has 2 aromatic carbocycles. The summed E-state index contributed by atoms with van der Waals surface area (Å²) in [6.07, 6.45) is 2.19. The SMILES string of the molecule is CN(CCCCOS(C)(=O)=O)C(=O)c1ccccc1-c1ccc(Cl)c(Cl)c1. The summed E-state index contributed by atoms with van der Waals surface area (Å²) in [6, 6.07) is 12.6. The van der Waals surface area contributed by atoms with Crippen LogP contribution in [0.15, 0.2) is 42.5 Å². The van der Waals surface area contributed by atoms with E-state index in [1.165, 1.54) is 0 Å². The van der Waals surface area contributed by atoms with E-state index < -0.39 is 10.1 Å². The van der Waals surface area contributed by atoms with Crippen LogP contribution in [0.5, 0.6) is 0 Å². The van der Waals surface area contributed by atoms with Crippen molar-refractivity contribution in [3.8, 4) is 11.1 Å². The van der Waals surface area contributed by atoms with Gasteiger partial charge in [-0.3, -0.25) is 8.98 Å². The molecule has 1 amide bonds. The quantitative estimate of drug-likeness (QED) is 0.457. The number of unbranched alkanes of at least 4 members (excludes halogenated alkanes) is 1. The molecule has 0 aliphatic rings. The van der Waals surface area contributed by atoms with E-state index in [4.69, 9.17) is 27.4 Å². The molecule has 5 nitrogen and oxygen atoms in total. The predicted molar refractivity (Wildman–Crippen MR) is 109 cm³/mol. The Morgan fingerprint density at radius 2 is 1.78 bits per heavy atom. The van der Waals surface area contributed by atoms with Gasteiger partial charge in [0.2, 0.25) is 0 Å². The third-order valence-corrected chi connectivity index (χ3v) is 5.25. The van der Waals surface area contributed by atoms with Gasteiger partial charge in [-0.15, -0.1) is 0 Å². The van der Waals surface area contributed by atoms with Crippen LogP contribution in [0.25, 0.3) is 11.1 Å². The third kappa shape index (κ3) is 6.50. The van der Waals surface area contributed by atoms with Gasteiger partial charge >= 0.3 is 0 Å². The molecule has 0 radical (unpaired) electrons. The zero-order valence-corrected chi connectivity index (χ0v) is 17.4. The Hall–Kier alpha value is -1.60. The lowest BCUT2D eigenvalue weighted by molar-refractivity contribution is 0.0791. The second-order valence-electron chi connectivity index (χ2n) is 6.13. The third-order valence-electron chi connectivity index (χ3n) is 3.92. The van der Waals surface area contributed by atoms with Crippen molar-refractivity contribution in [2.24, 2.45) is 0 Å². The summed E-state index contributed by atoms with van der Waals surface area (Å²) in [7, 11) is -1.71. The van der Waals surface area contributed by atoms with Gasteiger partial charge in [-0.25, -0.2) is 0 Å². The normalized spacial score (nSPS) is 11.4. The van der Waals surface area contributed by atoms with Gasteiger partial charge in [0.25, 0.3) is 16.0 Å². The summed E-state index contributed by atoms with van der Waals surface area (Å²) in [5.74, 6) is -0.124. The van der Waals surface area contributed by atoms with Crippen molar-refractivity contribution in [3.05, 3.63) is 58.1 Å². The number of carbonyl (C=O) groups excluding carboxylic acids is 1. The van der Waals surface area contributed by atoms with Gasteiger partial charge in [0.05, 0.1) is 22.9 Å². The molecule has 0 N–H and O–H groups in total. The largest absolute Gasteiger partial charge is 0.342 e. The first-order chi connectivity index (χ1) is 12.7. The second kappa shape index (κ2) is 9.55. The number of halogens is 2. The average molecular weight is 430 g/mol. The first-order valence-electron chi connectivity index (χ1n) is 8.33. The van der Waals surface area contributed by atoms with Gasteiger partial charge in [-0.2, -0.15) is 8.42 Å². The minimum Gasteiger partial charge on any atom is -0.342 e. The Morgan fingerprint density at radius 3 is 2.44 bits per heavy atom. The molecular formula is C19H21Cl2NO4S. The maximum atomic E-state index is 12.9. The predicted octanol–water partition coefficient (Wildman–Crippen LogP) is 4.49. The van der Waals surface area contributed by atoms with E-state index in [0.29, 0.717) is 35.0 Å². The highest BCUT2D eigenvalue weighted by Crippen LogP contribution is 2.30. The van der Waals surface area contributed by atoms with Gasteiger partial charge in [-0.1, -0.05) is 47.5 Å². The standard InChI is InChI=1S/C19H21Cl2NO4S/c1-22(11-5-6-12-26-27(2,24)25)19(23)16-8-4-3-7-15(16)14-9-10-17(20)18(21)13-14/h3-4,7-10,13H,5-6,11-12H2,1-2H3. The van der Waals surface area contributed by atoms with Crippen LogP contribution < -0.4 is 0 Å². The van der Waals surface area contributed by atoms with Gasteiger partial charge in [0, 0.05) is 19.2 Å². The van der Waals surface area contributed by atoms with Crippen LogP contribution in [0, 0.1) is 0 Å². The number of carbonyl (C=O) groups is 1. The van der Waals surface area contributed by atoms with Crippen LogP contribution in [0.3, 0.4) is 0 Å². The van der Waals surface area contributed by atoms with E-state index in [9.17, 15) is 13.2 Å². The van der Waals surface area contributed by atoms with E-state index in [1.54, 1.807) is 30.1 Å². The molecule has 0 saturated heterocycles. The molecule has 0 fully saturated rings. The highest BCUT2D eigenvalue weighted by atomic mass is 35.5. The van der Waals surface area contributed by atoms with E-state index in [0.717, 1.165) is 17.4 Å². The van der Waals surface area contributed by atoms with Crippen molar-refractivity contribution in [1.29, 1.82) is 0 Å². The Morgan fingerprint density at radius 1 is 1.07 bits per heavy atom. The Labute approximate surface area is 170 Å². The molecule has 2 aromatic rings. The van der Waals surface area contributed by atoms with Crippen molar-refractivity contribution in [2.45, 2.75) is 12.8 Å². The summed E-state index contributed by atoms with van der Waals surface area (Å²) in [5.41, 5.74) is 2.14. The lowest BCUT2D eigenvalue weighted by atomic mass is 9.99. The van der Waals surface area contributed by atoms with Crippen molar-refractivity contribution in [1.82, 2.24) is 4.90 Å². The van der Waals surface area contributed by atoms with Crippen LogP contribution in [-0.2, 0) is 14.3 Å². The molecular weight excluding hydrogens is 409 g/mol. The molecule has 27 heavy (non-hydrogen) atoms. The van der Waals surface area contributed by atoms with Gasteiger partial charge in [-0.05, 0) is 42.2 Å². The molecule has 146 valence electrons. The van der Waals surface area contributed by atoms with Crippen LogP contribution in [0.1, 0.15) is 23.2 Å². The van der Waals surface area contributed by atoms with Crippen LogP contribution in [-0.4, -0.2) is 45.7 Å². The van der Waals surface area contributed by atoms with Crippen molar-refractivity contribution >= 4 is 39.2 Å². The first kappa shape index (κ1) is 21.7. The number of amides is 1. The van der Waals surface area contributed by atoms with Crippen LogP contribution >= 0.6 is 23.2 Å². The maximum absolute atomic E-state index is 12.9. The first-order valence-corrected chi connectivity index (χ1v) is 10.9. The van der Waals surface area contributed by atoms with Crippen molar-refractivity contribution in [2.75, 3.05) is 26.5 Å². The minimum atomic E-state index is -3.43. The number of nitrogens with zero attached hydrogens (tertiary/aromatic N) is 1. The highest BCUT2D eigenvalue weighted by molar-refractivity contribution is 7.85. The molecule has 0 bridgehead atoms. The number of benzene rings is 2. The fourth-order valence-corrected chi connectivity index (χ4v) is 3.27. The second-order valence-corrected chi connectivity index (χ2v) is 8.59. The van der Waals surface area contributed by atoms with E-state index in [1.807, 2.05) is 24.3 Å². The van der Waals surface area contributed by atoms with E-state index >= 15 is 0 Å². The fraction of sp³-hybridized carbons (Fsp3) is 0.316. The zero-order valence-electron chi connectivity index (χ0n) is 15.1. The summed E-state index contributed by atoms with van der Waals surface area (Å²) in [6.45, 7) is 0.600. The lowest BCUT2D eigenvalue weighted by Gasteiger charge is -2.19. The maximum Gasteiger partial charge on any atom is 0.264 e. The van der Waals surface area contributed by atoms with Crippen LogP contribution in [0.4, 0.5) is 0 Å². The van der Waals surface area contributed by atoms with E-state index in [-0.39, 0.29) is 12.5 Å². The molecule has 8 heteroatoms. The summed E-state index contributed by atoms with van der Waals surface area (Å²) in [4.78, 5) is 14.5. The zero-order chi connectivity index (χ0) is 20.0. The molecule has 0 aromatic heterocycles. The Bertz CT molecular complexity index is 916. The average Bonchev–Trinajstić information content (AvgIpc) is 2.62. The number of hydrogen-bond donors (Lipinski definition) is 0. The minimum absolute atomic E-state index is 0.112. The summed E-state index contributed by atoms with van der Waals surface area (Å²) in [5, 5.41) is 0.883. The Kier molecular flexibility index (Phi) is 7.68.